The Morgan fingerprint density at radius 3 is 3.00 bits per heavy atom. The van der Waals surface area contributed by atoms with Crippen LogP contribution >= 0.6 is 23.6 Å². The number of rotatable bonds is 7. The zero-order chi connectivity index (χ0) is 13.8. The van der Waals surface area contributed by atoms with E-state index in [9.17, 15) is 0 Å². The molecule has 0 fully saturated rings. The number of nitrogens with two attached hydrogens (primary N) is 1. The van der Waals surface area contributed by atoms with E-state index >= 15 is 0 Å². The molecule has 0 saturated heterocycles. The number of nitrogens with zero attached hydrogens (tertiary/aromatic N) is 3. The van der Waals surface area contributed by atoms with Gasteiger partial charge in [0.2, 0.25) is 0 Å². The molecule has 0 bridgehead atoms. The molecule has 0 unspecified atom stereocenters. The molecule has 0 atom stereocenters. The van der Waals surface area contributed by atoms with Gasteiger partial charge in [0.05, 0.1) is 10.7 Å². The highest BCUT2D eigenvalue weighted by Gasteiger charge is 2.11. The van der Waals surface area contributed by atoms with Crippen LogP contribution in [0.4, 0.5) is 0 Å². The summed E-state index contributed by atoms with van der Waals surface area (Å²) in [6, 6.07) is 0. The van der Waals surface area contributed by atoms with Gasteiger partial charge in [0.15, 0.2) is 4.96 Å². The number of imidazole rings is 1. The van der Waals surface area contributed by atoms with Crippen LogP contribution in [0.5, 0.6) is 0 Å². The average Bonchev–Trinajstić information content (AvgIpc) is 2.85. The largest absolute Gasteiger partial charge is 0.393 e. The summed E-state index contributed by atoms with van der Waals surface area (Å²) in [5, 5.41) is 2.05. The van der Waals surface area contributed by atoms with Crippen molar-refractivity contribution in [2.24, 2.45) is 11.7 Å². The van der Waals surface area contributed by atoms with Gasteiger partial charge in [-0.1, -0.05) is 26.1 Å². The van der Waals surface area contributed by atoms with Gasteiger partial charge in [0.1, 0.15) is 0 Å². The minimum Gasteiger partial charge on any atom is -0.393 e. The Balaban J connectivity index is 2.01. The molecule has 0 aliphatic rings. The first-order valence-electron chi connectivity index (χ1n) is 6.46. The molecule has 2 heterocycles. The van der Waals surface area contributed by atoms with Gasteiger partial charge in [-0.05, 0) is 5.92 Å². The number of hydrogen-bond donors (Lipinski definition) is 1. The molecule has 6 heteroatoms. The maximum atomic E-state index is 5.60. The van der Waals surface area contributed by atoms with Gasteiger partial charge in [0.25, 0.3) is 0 Å². The van der Waals surface area contributed by atoms with Crippen LogP contribution in [0.3, 0.4) is 0 Å². The second kappa shape index (κ2) is 6.45. The highest BCUT2D eigenvalue weighted by molar-refractivity contribution is 7.80. The van der Waals surface area contributed by atoms with Gasteiger partial charge in [0, 0.05) is 43.8 Å². The minimum absolute atomic E-state index is 0.583. The summed E-state index contributed by atoms with van der Waals surface area (Å²) in [6.07, 6.45) is 4.91. The molecular weight excluding hydrogens is 276 g/mol. The summed E-state index contributed by atoms with van der Waals surface area (Å²) < 4.78 is 2.07. The first-order valence-corrected chi connectivity index (χ1v) is 7.75. The first kappa shape index (κ1) is 14.4. The molecule has 104 valence electrons. The van der Waals surface area contributed by atoms with Gasteiger partial charge in [-0.25, -0.2) is 4.98 Å². The fraction of sp³-hybridized carbons (Fsp3) is 0.538. The van der Waals surface area contributed by atoms with Crippen LogP contribution in [0.1, 0.15) is 26.0 Å². The molecule has 2 rings (SSSR count). The topological polar surface area (TPSA) is 46.6 Å². The lowest BCUT2D eigenvalue weighted by atomic mass is 10.2. The second-order valence-electron chi connectivity index (χ2n) is 5.17. The normalized spacial score (nSPS) is 11.8. The van der Waals surface area contributed by atoms with E-state index in [-0.39, 0.29) is 0 Å². The molecule has 2 N–H and O–H groups in total. The van der Waals surface area contributed by atoms with Crippen LogP contribution in [-0.2, 0) is 6.54 Å². The Bertz CT molecular complexity index is 515. The van der Waals surface area contributed by atoms with Crippen LogP contribution in [0, 0.1) is 5.92 Å². The highest BCUT2D eigenvalue weighted by atomic mass is 32.1. The molecule has 0 amide bonds. The van der Waals surface area contributed by atoms with Crippen LogP contribution in [0.15, 0.2) is 17.8 Å². The van der Waals surface area contributed by atoms with Crippen LogP contribution < -0.4 is 5.73 Å². The molecule has 0 aliphatic heterocycles. The molecule has 0 aromatic carbocycles. The van der Waals surface area contributed by atoms with Crippen molar-refractivity contribution in [3.8, 4) is 0 Å². The van der Waals surface area contributed by atoms with Gasteiger partial charge in [-0.3, -0.25) is 9.30 Å². The number of fused-ring (bicyclic) bond motifs is 1. The van der Waals surface area contributed by atoms with E-state index in [0.29, 0.717) is 10.9 Å². The monoisotopic (exact) mass is 296 g/mol. The predicted molar refractivity (Wildman–Crippen MR) is 84.6 cm³/mol. The van der Waals surface area contributed by atoms with Gasteiger partial charge in [-0.2, -0.15) is 0 Å². The van der Waals surface area contributed by atoms with Crippen molar-refractivity contribution in [3.05, 3.63) is 23.5 Å². The lowest BCUT2D eigenvalue weighted by molar-refractivity contribution is 0.240. The number of thiazole rings is 1. The molecule has 4 nitrogen and oxygen atoms in total. The van der Waals surface area contributed by atoms with Crippen molar-refractivity contribution < 1.29 is 0 Å². The van der Waals surface area contributed by atoms with Crippen molar-refractivity contribution in [2.75, 3.05) is 13.1 Å². The minimum atomic E-state index is 0.583. The van der Waals surface area contributed by atoms with E-state index in [4.69, 9.17) is 18.0 Å². The van der Waals surface area contributed by atoms with Crippen LogP contribution in [0.25, 0.3) is 4.96 Å². The number of aromatic nitrogens is 2. The standard InChI is InChI=1S/C13H20N4S2/c1-10(2)7-16(4-3-12(14)18)8-11-9-17-5-6-19-13(17)15-11/h5-6,9-10H,3-4,7-8H2,1-2H3,(H2,14,18). The molecule has 2 aromatic heterocycles. The van der Waals surface area contributed by atoms with E-state index in [1.54, 1.807) is 11.3 Å². The average molecular weight is 296 g/mol. The molecule has 0 saturated carbocycles. The van der Waals surface area contributed by atoms with E-state index < -0.39 is 0 Å². The SMILES string of the molecule is CC(C)CN(CCC(N)=S)Cc1cn2ccsc2n1. The van der Waals surface area contributed by atoms with Gasteiger partial charge >= 0.3 is 0 Å². The maximum absolute atomic E-state index is 5.60. The molecule has 0 spiro atoms. The third-order valence-electron chi connectivity index (χ3n) is 2.83. The molecule has 0 aliphatic carbocycles. The van der Waals surface area contributed by atoms with E-state index in [0.717, 1.165) is 36.7 Å². The first-order chi connectivity index (χ1) is 9.04. The van der Waals surface area contributed by atoms with Gasteiger partial charge in [-0.15, -0.1) is 11.3 Å². The summed E-state index contributed by atoms with van der Waals surface area (Å²) in [5.74, 6) is 0.620. The van der Waals surface area contributed by atoms with Gasteiger partial charge < -0.3 is 5.73 Å². The molecule has 19 heavy (non-hydrogen) atoms. The molecule has 2 aromatic rings. The van der Waals surface area contributed by atoms with Crippen molar-refractivity contribution in [1.82, 2.24) is 14.3 Å². The lowest BCUT2D eigenvalue weighted by Crippen LogP contribution is -2.30. The van der Waals surface area contributed by atoms with Crippen LogP contribution in [-0.4, -0.2) is 32.4 Å². The third-order valence-corrected chi connectivity index (χ3v) is 3.80. The number of thiocarbonyl (C=S) groups is 1. The third kappa shape index (κ3) is 4.26. The smallest absolute Gasteiger partial charge is 0.193 e. The summed E-state index contributed by atoms with van der Waals surface area (Å²) in [6.45, 7) is 7.24. The van der Waals surface area contributed by atoms with E-state index in [1.165, 1.54) is 0 Å². The zero-order valence-electron chi connectivity index (χ0n) is 11.4. The van der Waals surface area contributed by atoms with E-state index in [1.807, 2.05) is 11.6 Å². The maximum Gasteiger partial charge on any atom is 0.193 e. The Kier molecular flexibility index (Phi) is 4.90. The lowest BCUT2D eigenvalue weighted by Gasteiger charge is -2.23. The zero-order valence-corrected chi connectivity index (χ0v) is 13.0. The van der Waals surface area contributed by atoms with E-state index in [2.05, 4.69) is 34.3 Å². The Labute approximate surface area is 123 Å². The summed E-state index contributed by atoms with van der Waals surface area (Å²) >= 11 is 6.62. The fourth-order valence-electron chi connectivity index (χ4n) is 2.10. The number of hydrogen-bond acceptors (Lipinski definition) is 4. The Morgan fingerprint density at radius 1 is 1.58 bits per heavy atom. The quantitative estimate of drug-likeness (QED) is 0.798. The van der Waals surface area contributed by atoms with Crippen molar-refractivity contribution in [2.45, 2.75) is 26.8 Å². The van der Waals surface area contributed by atoms with Crippen molar-refractivity contribution in [1.29, 1.82) is 0 Å². The summed E-state index contributed by atoms with van der Waals surface area (Å²) in [5.41, 5.74) is 6.70. The Hall–Kier alpha value is -0.980. The van der Waals surface area contributed by atoms with Crippen molar-refractivity contribution >= 4 is 33.5 Å². The van der Waals surface area contributed by atoms with Crippen LogP contribution in [0.2, 0.25) is 0 Å². The van der Waals surface area contributed by atoms with Crippen molar-refractivity contribution in [3.63, 3.8) is 0 Å². The summed E-state index contributed by atoms with van der Waals surface area (Å²) in [4.78, 5) is 8.63. The molecular formula is C13H20N4S2. The second-order valence-corrected chi connectivity index (χ2v) is 6.57. The molecule has 0 radical (unpaired) electrons. The predicted octanol–water partition coefficient (Wildman–Crippen LogP) is 2.53. The summed E-state index contributed by atoms with van der Waals surface area (Å²) in [7, 11) is 0. The fourth-order valence-corrected chi connectivity index (χ4v) is 2.91. The Morgan fingerprint density at radius 2 is 2.37 bits per heavy atom. The highest BCUT2D eigenvalue weighted by Crippen LogP contribution is 2.13.